The molecule has 1 atom stereocenters. The molecule has 0 radical (unpaired) electrons. The van der Waals surface area contributed by atoms with E-state index in [1.807, 2.05) is 25.1 Å². The molecule has 0 saturated heterocycles. The smallest absolute Gasteiger partial charge is 0.231 e. The second-order valence-electron chi connectivity index (χ2n) is 5.55. The quantitative estimate of drug-likeness (QED) is 0.900. The fraction of sp³-hybridized carbons (Fsp3) is 0.294. The van der Waals surface area contributed by atoms with Crippen LogP contribution in [0.5, 0.6) is 0 Å². The van der Waals surface area contributed by atoms with Crippen molar-refractivity contribution in [1.29, 1.82) is 0 Å². The minimum atomic E-state index is -0.289. The van der Waals surface area contributed by atoms with Gasteiger partial charge in [-0.2, -0.15) is 0 Å². The molecule has 0 aromatic heterocycles. The fourth-order valence-corrected chi connectivity index (χ4v) is 2.80. The van der Waals surface area contributed by atoms with Crippen LogP contribution >= 0.6 is 0 Å². The van der Waals surface area contributed by atoms with Crippen LogP contribution in [0.25, 0.3) is 0 Å². The van der Waals surface area contributed by atoms with Gasteiger partial charge in [-0.05, 0) is 36.6 Å². The standard InChI is InChI=1S/C17H18N2O2/c1-11-4-3-5-13-10-19(17(21)8-15(11)13)14-6-7-16(12(2)20)18-9-14/h3-7,9,16,18H,8,10H2,1-2H3. The van der Waals surface area contributed by atoms with Crippen molar-refractivity contribution in [2.45, 2.75) is 32.9 Å². The van der Waals surface area contributed by atoms with Crippen LogP contribution in [0.3, 0.4) is 0 Å². The van der Waals surface area contributed by atoms with Crippen LogP contribution in [-0.2, 0) is 22.6 Å². The number of dihydropyridines is 1. The Morgan fingerprint density at radius 2 is 2.19 bits per heavy atom. The number of fused-ring (bicyclic) bond motifs is 1. The van der Waals surface area contributed by atoms with Crippen molar-refractivity contribution in [3.63, 3.8) is 0 Å². The molecule has 3 rings (SSSR count). The number of nitrogens with zero attached hydrogens (tertiary/aromatic N) is 1. The highest BCUT2D eigenvalue weighted by Crippen LogP contribution is 2.26. The molecule has 108 valence electrons. The number of hydrogen-bond donors (Lipinski definition) is 1. The lowest BCUT2D eigenvalue weighted by Gasteiger charge is -2.32. The lowest BCUT2D eigenvalue weighted by Crippen LogP contribution is -2.39. The molecule has 1 aromatic carbocycles. The van der Waals surface area contributed by atoms with Gasteiger partial charge in [0.1, 0.15) is 6.04 Å². The number of nitrogens with one attached hydrogen (secondary N) is 1. The van der Waals surface area contributed by atoms with Gasteiger partial charge >= 0.3 is 0 Å². The molecule has 2 aliphatic heterocycles. The molecule has 0 saturated carbocycles. The van der Waals surface area contributed by atoms with E-state index in [1.54, 1.807) is 24.1 Å². The number of carbonyl (C=O) groups is 2. The molecule has 0 bridgehead atoms. The molecular weight excluding hydrogens is 264 g/mol. The van der Waals surface area contributed by atoms with Gasteiger partial charge in [-0.1, -0.05) is 24.3 Å². The Bertz CT molecular complexity index is 673. The first-order valence-corrected chi connectivity index (χ1v) is 7.09. The fourth-order valence-electron chi connectivity index (χ4n) is 2.80. The van der Waals surface area contributed by atoms with Crippen molar-refractivity contribution in [3.05, 3.63) is 58.9 Å². The summed E-state index contributed by atoms with van der Waals surface area (Å²) in [6.07, 6.45) is 5.84. The Morgan fingerprint density at radius 1 is 1.38 bits per heavy atom. The summed E-state index contributed by atoms with van der Waals surface area (Å²) in [5.74, 6) is 0.156. The Hall–Kier alpha value is -2.36. The Balaban J connectivity index is 1.84. The second kappa shape index (κ2) is 5.20. The summed E-state index contributed by atoms with van der Waals surface area (Å²) in [6.45, 7) is 4.17. The van der Waals surface area contributed by atoms with E-state index in [0.717, 1.165) is 11.3 Å². The third-order valence-electron chi connectivity index (χ3n) is 4.08. The highest BCUT2D eigenvalue weighted by Gasteiger charge is 2.27. The summed E-state index contributed by atoms with van der Waals surface area (Å²) in [5.41, 5.74) is 4.32. The van der Waals surface area contributed by atoms with Crippen LogP contribution in [0.1, 0.15) is 23.6 Å². The molecule has 4 heteroatoms. The van der Waals surface area contributed by atoms with Gasteiger partial charge in [0.2, 0.25) is 5.91 Å². The van der Waals surface area contributed by atoms with Gasteiger partial charge in [0.05, 0.1) is 18.7 Å². The number of amides is 1. The van der Waals surface area contributed by atoms with Crippen LogP contribution < -0.4 is 5.32 Å². The van der Waals surface area contributed by atoms with Gasteiger partial charge < -0.3 is 10.2 Å². The minimum absolute atomic E-state index is 0.0625. The molecule has 0 fully saturated rings. The van der Waals surface area contributed by atoms with E-state index in [1.165, 1.54) is 11.1 Å². The van der Waals surface area contributed by atoms with Gasteiger partial charge in [-0.3, -0.25) is 9.59 Å². The molecule has 0 spiro atoms. The van der Waals surface area contributed by atoms with E-state index in [2.05, 4.69) is 11.4 Å². The van der Waals surface area contributed by atoms with E-state index in [-0.39, 0.29) is 17.7 Å². The van der Waals surface area contributed by atoms with Crippen LogP contribution in [0.2, 0.25) is 0 Å². The number of aryl methyl sites for hydroxylation is 1. The first-order valence-electron chi connectivity index (χ1n) is 7.09. The number of benzene rings is 1. The summed E-state index contributed by atoms with van der Waals surface area (Å²) in [5, 5.41) is 3.03. The van der Waals surface area contributed by atoms with Gasteiger partial charge in [-0.15, -0.1) is 0 Å². The Labute approximate surface area is 124 Å². The van der Waals surface area contributed by atoms with Crippen molar-refractivity contribution in [2.24, 2.45) is 0 Å². The lowest BCUT2D eigenvalue weighted by atomic mass is 9.94. The first-order chi connectivity index (χ1) is 10.1. The monoisotopic (exact) mass is 282 g/mol. The van der Waals surface area contributed by atoms with E-state index in [9.17, 15) is 9.59 Å². The van der Waals surface area contributed by atoms with Crippen LogP contribution in [0.4, 0.5) is 0 Å². The predicted molar refractivity (Wildman–Crippen MR) is 80.3 cm³/mol. The van der Waals surface area contributed by atoms with Crippen LogP contribution in [0, 0.1) is 6.92 Å². The normalized spacial score (nSPS) is 20.7. The van der Waals surface area contributed by atoms with E-state index < -0.39 is 0 Å². The van der Waals surface area contributed by atoms with Crippen molar-refractivity contribution in [2.75, 3.05) is 0 Å². The number of carbonyl (C=O) groups excluding carboxylic acids is 2. The van der Waals surface area contributed by atoms with E-state index in [0.29, 0.717) is 13.0 Å². The van der Waals surface area contributed by atoms with Crippen LogP contribution in [0.15, 0.2) is 42.2 Å². The molecule has 1 unspecified atom stereocenters. The molecule has 21 heavy (non-hydrogen) atoms. The highest BCUT2D eigenvalue weighted by molar-refractivity contribution is 5.85. The molecule has 1 N–H and O–H groups in total. The third kappa shape index (κ3) is 2.49. The first kappa shape index (κ1) is 13.6. The maximum absolute atomic E-state index is 12.4. The van der Waals surface area contributed by atoms with Crippen LogP contribution in [-0.4, -0.2) is 22.6 Å². The van der Waals surface area contributed by atoms with Crippen molar-refractivity contribution < 1.29 is 9.59 Å². The number of Topliss-reactive ketones (excluding diaryl/α,β-unsaturated/α-hetero) is 1. The average molecular weight is 282 g/mol. The molecule has 2 aliphatic rings. The van der Waals surface area contributed by atoms with Gasteiger partial charge in [0, 0.05) is 6.20 Å². The number of rotatable bonds is 2. The van der Waals surface area contributed by atoms with E-state index >= 15 is 0 Å². The van der Waals surface area contributed by atoms with Crippen molar-refractivity contribution in [3.8, 4) is 0 Å². The SMILES string of the molecule is CC(=O)C1C=CC(N2Cc3cccc(C)c3CC2=O)=CN1. The predicted octanol–water partition coefficient (Wildman–Crippen LogP) is 1.84. The maximum Gasteiger partial charge on any atom is 0.231 e. The summed E-state index contributed by atoms with van der Waals surface area (Å²) in [6, 6.07) is 5.85. The summed E-state index contributed by atoms with van der Waals surface area (Å²) in [7, 11) is 0. The number of ketones is 1. The maximum atomic E-state index is 12.4. The molecular formula is C17H18N2O2. The summed E-state index contributed by atoms with van der Waals surface area (Å²) < 4.78 is 0. The zero-order valence-corrected chi connectivity index (χ0v) is 12.2. The van der Waals surface area contributed by atoms with Crippen molar-refractivity contribution in [1.82, 2.24) is 10.2 Å². The number of allylic oxidation sites excluding steroid dienone is 1. The molecule has 2 heterocycles. The molecule has 1 amide bonds. The highest BCUT2D eigenvalue weighted by atomic mass is 16.2. The van der Waals surface area contributed by atoms with E-state index in [4.69, 9.17) is 0 Å². The molecule has 1 aromatic rings. The second-order valence-corrected chi connectivity index (χ2v) is 5.55. The van der Waals surface area contributed by atoms with Gasteiger partial charge in [0.25, 0.3) is 0 Å². The zero-order chi connectivity index (χ0) is 15.0. The average Bonchev–Trinajstić information content (AvgIpc) is 2.48. The largest absolute Gasteiger partial charge is 0.376 e. The molecule has 0 aliphatic carbocycles. The number of hydrogen-bond acceptors (Lipinski definition) is 3. The topological polar surface area (TPSA) is 49.4 Å². The Kier molecular flexibility index (Phi) is 3.37. The van der Waals surface area contributed by atoms with Crippen molar-refractivity contribution >= 4 is 11.7 Å². The third-order valence-corrected chi connectivity index (χ3v) is 4.08. The zero-order valence-electron chi connectivity index (χ0n) is 12.2. The van der Waals surface area contributed by atoms with Gasteiger partial charge in [0.15, 0.2) is 5.78 Å². The Morgan fingerprint density at radius 3 is 2.86 bits per heavy atom. The summed E-state index contributed by atoms with van der Waals surface area (Å²) in [4.78, 5) is 25.5. The lowest BCUT2D eigenvalue weighted by molar-refractivity contribution is -0.129. The summed E-state index contributed by atoms with van der Waals surface area (Å²) >= 11 is 0. The van der Waals surface area contributed by atoms with Gasteiger partial charge in [-0.25, -0.2) is 0 Å². The minimum Gasteiger partial charge on any atom is -0.376 e. The molecule has 4 nitrogen and oxygen atoms in total.